The van der Waals surface area contributed by atoms with Gasteiger partial charge in [-0.3, -0.25) is 0 Å². The lowest BCUT2D eigenvalue weighted by Crippen LogP contribution is -2.06. The first-order valence-electron chi connectivity index (χ1n) is 7.26. The number of ether oxygens (including phenoxy) is 1. The van der Waals surface area contributed by atoms with E-state index in [2.05, 4.69) is 20.9 Å². The number of rotatable bonds is 6. The van der Waals surface area contributed by atoms with Crippen molar-refractivity contribution in [2.45, 2.75) is 6.54 Å². The zero-order chi connectivity index (χ0) is 15.4. The van der Waals surface area contributed by atoms with Gasteiger partial charge in [0.05, 0.1) is 24.2 Å². The van der Waals surface area contributed by atoms with Crippen molar-refractivity contribution in [3.05, 3.63) is 54.4 Å². The number of hydrogen-bond donors (Lipinski definition) is 2. The highest BCUT2D eigenvalue weighted by atomic mass is 16.5. The van der Waals surface area contributed by atoms with E-state index in [1.807, 2.05) is 49.5 Å². The monoisotopic (exact) mass is 297 g/mol. The Kier molecular flexibility index (Phi) is 4.25. The summed E-state index contributed by atoms with van der Waals surface area (Å²) in [7, 11) is 2.03. The number of aryl methyl sites for hydroxylation is 1. The maximum atomic E-state index is 8.73. The molecule has 5 nitrogen and oxygen atoms in total. The fourth-order valence-corrected chi connectivity index (χ4v) is 2.37. The zero-order valence-electron chi connectivity index (χ0n) is 12.5. The molecule has 0 radical (unpaired) electrons. The van der Waals surface area contributed by atoms with Crippen LogP contribution in [0.15, 0.2) is 48.5 Å². The van der Waals surface area contributed by atoms with E-state index in [0.717, 1.165) is 28.3 Å². The van der Waals surface area contributed by atoms with E-state index >= 15 is 0 Å². The third kappa shape index (κ3) is 3.04. The van der Waals surface area contributed by atoms with Crippen LogP contribution < -0.4 is 10.1 Å². The fraction of sp³-hybridized carbons (Fsp3) is 0.235. The van der Waals surface area contributed by atoms with E-state index in [0.29, 0.717) is 13.2 Å². The Morgan fingerprint density at radius 2 is 1.91 bits per heavy atom. The van der Waals surface area contributed by atoms with Gasteiger partial charge in [0.25, 0.3) is 0 Å². The number of anilines is 1. The summed E-state index contributed by atoms with van der Waals surface area (Å²) in [5.74, 6) is 1.74. The normalized spacial score (nSPS) is 10.8. The number of hydrogen-bond acceptors (Lipinski definition) is 4. The Labute approximate surface area is 129 Å². The standard InChI is InChI=1S/C17H19N3O2/c1-20-16-5-3-2-4-15(16)19-17(20)12-18-13-6-8-14(9-7-13)22-11-10-21/h2-9,18,21H,10-12H2,1H3. The summed E-state index contributed by atoms with van der Waals surface area (Å²) in [4.78, 5) is 4.63. The first-order valence-corrected chi connectivity index (χ1v) is 7.26. The van der Waals surface area contributed by atoms with E-state index in [4.69, 9.17) is 9.84 Å². The Hall–Kier alpha value is -2.53. The van der Waals surface area contributed by atoms with Crippen LogP contribution in [0.1, 0.15) is 5.82 Å². The summed E-state index contributed by atoms with van der Waals surface area (Å²) in [6, 6.07) is 15.8. The van der Waals surface area contributed by atoms with E-state index in [1.165, 1.54) is 0 Å². The number of imidazole rings is 1. The Morgan fingerprint density at radius 1 is 1.14 bits per heavy atom. The number of aliphatic hydroxyl groups excluding tert-OH is 1. The highest BCUT2D eigenvalue weighted by Gasteiger charge is 2.06. The van der Waals surface area contributed by atoms with Crippen LogP contribution in [0, 0.1) is 0 Å². The molecule has 2 N–H and O–H groups in total. The second-order valence-corrected chi connectivity index (χ2v) is 5.03. The second-order valence-electron chi connectivity index (χ2n) is 5.03. The molecule has 0 aliphatic heterocycles. The fourth-order valence-electron chi connectivity index (χ4n) is 2.37. The number of nitrogens with zero attached hydrogens (tertiary/aromatic N) is 2. The Bertz CT molecular complexity index is 750. The van der Waals surface area contributed by atoms with Crippen LogP contribution in [0.25, 0.3) is 11.0 Å². The van der Waals surface area contributed by atoms with Gasteiger partial charge >= 0.3 is 0 Å². The molecule has 0 unspecified atom stereocenters. The van der Waals surface area contributed by atoms with Gasteiger partial charge in [0.1, 0.15) is 18.2 Å². The smallest absolute Gasteiger partial charge is 0.128 e. The topological polar surface area (TPSA) is 59.3 Å². The molecule has 0 bridgehead atoms. The molecule has 2 aromatic carbocycles. The van der Waals surface area contributed by atoms with Gasteiger partial charge in [-0.25, -0.2) is 4.98 Å². The summed E-state index contributed by atoms with van der Waals surface area (Å²) in [6.45, 7) is 0.987. The lowest BCUT2D eigenvalue weighted by Gasteiger charge is -2.08. The van der Waals surface area contributed by atoms with Gasteiger partial charge in [-0.2, -0.15) is 0 Å². The maximum absolute atomic E-state index is 8.73. The summed E-state index contributed by atoms with van der Waals surface area (Å²) < 4.78 is 7.44. The van der Waals surface area contributed by atoms with Gasteiger partial charge in [-0.05, 0) is 36.4 Å². The minimum absolute atomic E-state index is 0.0206. The number of fused-ring (bicyclic) bond motifs is 1. The summed E-state index contributed by atoms with van der Waals surface area (Å²) in [5, 5.41) is 12.1. The highest BCUT2D eigenvalue weighted by molar-refractivity contribution is 5.75. The third-order valence-electron chi connectivity index (χ3n) is 3.54. The average molecular weight is 297 g/mol. The van der Waals surface area contributed by atoms with Crippen molar-refractivity contribution in [1.29, 1.82) is 0 Å². The number of para-hydroxylation sites is 2. The molecule has 0 saturated heterocycles. The first-order chi connectivity index (χ1) is 10.8. The van der Waals surface area contributed by atoms with Crippen molar-refractivity contribution in [2.75, 3.05) is 18.5 Å². The zero-order valence-corrected chi connectivity index (χ0v) is 12.5. The average Bonchev–Trinajstić information content (AvgIpc) is 2.88. The SMILES string of the molecule is Cn1c(CNc2ccc(OCCO)cc2)nc2ccccc21. The van der Waals surface area contributed by atoms with Crippen molar-refractivity contribution in [3.63, 3.8) is 0 Å². The van der Waals surface area contributed by atoms with Crippen LogP contribution in [0.3, 0.4) is 0 Å². The molecule has 0 fully saturated rings. The van der Waals surface area contributed by atoms with E-state index < -0.39 is 0 Å². The number of aromatic nitrogens is 2. The summed E-state index contributed by atoms with van der Waals surface area (Å²) >= 11 is 0. The molecule has 3 rings (SSSR count). The summed E-state index contributed by atoms with van der Waals surface area (Å²) in [5.41, 5.74) is 3.14. The molecule has 1 aromatic heterocycles. The van der Waals surface area contributed by atoms with Crippen LogP contribution in [0.4, 0.5) is 5.69 Å². The molecule has 1 heterocycles. The summed E-state index contributed by atoms with van der Waals surface area (Å²) in [6.07, 6.45) is 0. The highest BCUT2D eigenvalue weighted by Crippen LogP contribution is 2.18. The maximum Gasteiger partial charge on any atom is 0.128 e. The van der Waals surface area contributed by atoms with Crippen molar-refractivity contribution in [2.24, 2.45) is 7.05 Å². The van der Waals surface area contributed by atoms with Crippen molar-refractivity contribution < 1.29 is 9.84 Å². The minimum atomic E-state index is 0.0206. The predicted octanol–water partition coefficient (Wildman–Crippen LogP) is 2.56. The molecular formula is C17H19N3O2. The molecular weight excluding hydrogens is 278 g/mol. The molecule has 0 spiro atoms. The van der Waals surface area contributed by atoms with Crippen LogP contribution in [-0.2, 0) is 13.6 Å². The molecule has 0 aliphatic rings. The van der Waals surface area contributed by atoms with E-state index in [-0.39, 0.29) is 6.61 Å². The van der Waals surface area contributed by atoms with Gasteiger partial charge in [0.15, 0.2) is 0 Å². The van der Waals surface area contributed by atoms with Crippen LogP contribution in [-0.4, -0.2) is 27.9 Å². The molecule has 22 heavy (non-hydrogen) atoms. The van der Waals surface area contributed by atoms with Crippen molar-refractivity contribution in [1.82, 2.24) is 9.55 Å². The predicted molar refractivity (Wildman–Crippen MR) is 87.1 cm³/mol. The largest absolute Gasteiger partial charge is 0.491 e. The van der Waals surface area contributed by atoms with Gasteiger partial charge < -0.3 is 19.7 Å². The number of aliphatic hydroxyl groups is 1. The Morgan fingerprint density at radius 3 is 2.64 bits per heavy atom. The first kappa shape index (κ1) is 14.4. The van der Waals surface area contributed by atoms with E-state index in [9.17, 15) is 0 Å². The molecule has 0 aliphatic carbocycles. The Balaban J connectivity index is 1.67. The lowest BCUT2D eigenvalue weighted by molar-refractivity contribution is 0.201. The molecule has 0 amide bonds. The van der Waals surface area contributed by atoms with Crippen molar-refractivity contribution >= 4 is 16.7 Å². The molecule has 0 saturated carbocycles. The van der Waals surface area contributed by atoms with Crippen LogP contribution >= 0.6 is 0 Å². The second kappa shape index (κ2) is 6.49. The molecule has 114 valence electrons. The van der Waals surface area contributed by atoms with E-state index in [1.54, 1.807) is 0 Å². The van der Waals surface area contributed by atoms with Crippen LogP contribution in [0.5, 0.6) is 5.75 Å². The lowest BCUT2D eigenvalue weighted by atomic mass is 10.3. The number of benzene rings is 2. The quantitative estimate of drug-likeness (QED) is 0.734. The van der Waals surface area contributed by atoms with Crippen LogP contribution in [0.2, 0.25) is 0 Å². The number of nitrogens with one attached hydrogen (secondary N) is 1. The van der Waals surface area contributed by atoms with Gasteiger partial charge in [-0.15, -0.1) is 0 Å². The minimum Gasteiger partial charge on any atom is -0.491 e. The molecule has 3 aromatic rings. The van der Waals surface area contributed by atoms with Gasteiger partial charge in [0.2, 0.25) is 0 Å². The van der Waals surface area contributed by atoms with Crippen molar-refractivity contribution in [3.8, 4) is 5.75 Å². The third-order valence-corrected chi connectivity index (χ3v) is 3.54. The molecule has 5 heteroatoms. The van der Waals surface area contributed by atoms with Gasteiger partial charge in [-0.1, -0.05) is 12.1 Å². The molecule has 0 atom stereocenters. The van der Waals surface area contributed by atoms with Gasteiger partial charge in [0, 0.05) is 12.7 Å².